The van der Waals surface area contributed by atoms with E-state index < -0.39 is 17.2 Å². The van der Waals surface area contributed by atoms with Gasteiger partial charge in [-0.3, -0.25) is 14.5 Å². The van der Waals surface area contributed by atoms with Gasteiger partial charge in [-0.25, -0.2) is 4.52 Å². The van der Waals surface area contributed by atoms with Crippen LogP contribution in [0.3, 0.4) is 0 Å². The van der Waals surface area contributed by atoms with Crippen molar-refractivity contribution < 1.29 is 9.59 Å². The predicted molar refractivity (Wildman–Crippen MR) is 138 cm³/mol. The summed E-state index contributed by atoms with van der Waals surface area (Å²) in [6.07, 6.45) is 4.52. The van der Waals surface area contributed by atoms with Crippen LogP contribution in [0.15, 0.2) is 24.4 Å². The molecule has 2 amide bonds. The summed E-state index contributed by atoms with van der Waals surface area (Å²) in [5, 5.41) is 18.7. The quantitative estimate of drug-likeness (QED) is 0.389. The number of pyridine rings is 1. The van der Waals surface area contributed by atoms with Crippen molar-refractivity contribution in [1.29, 1.82) is 0 Å². The van der Waals surface area contributed by atoms with E-state index in [1.54, 1.807) is 10.6 Å². The van der Waals surface area contributed by atoms with E-state index in [9.17, 15) is 9.59 Å². The van der Waals surface area contributed by atoms with Crippen LogP contribution < -0.4 is 21.3 Å². The first kappa shape index (κ1) is 23.6. The van der Waals surface area contributed by atoms with E-state index >= 15 is 0 Å². The maximum Gasteiger partial charge on any atom is 0.273 e. The molecule has 0 bridgehead atoms. The number of carbonyl (C=O) groups excluding carboxylic acids is 2. The van der Waals surface area contributed by atoms with Gasteiger partial charge >= 0.3 is 0 Å². The number of carbonyl (C=O) groups is 2. The van der Waals surface area contributed by atoms with Crippen LogP contribution in [0.5, 0.6) is 0 Å². The van der Waals surface area contributed by atoms with Crippen molar-refractivity contribution in [2.24, 2.45) is 11.1 Å². The summed E-state index contributed by atoms with van der Waals surface area (Å²) in [6, 6.07) is 6.24. The molecule has 12 heteroatoms. The molecule has 0 radical (unpaired) electrons. The lowest BCUT2D eigenvalue weighted by Crippen LogP contribution is -2.59. The molecule has 1 spiro atoms. The number of nitrogens with two attached hydrogens (primary N) is 1. The first-order valence-corrected chi connectivity index (χ1v) is 12.9. The lowest BCUT2D eigenvalue weighted by Gasteiger charge is -2.46. The number of aromatic nitrogens is 5. The molecule has 194 valence electrons. The number of rotatable bonds is 9. The van der Waals surface area contributed by atoms with Crippen molar-refractivity contribution in [1.82, 2.24) is 35.0 Å². The van der Waals surface area contributed by atoms with E-state index in [0.717, 1.165) is 44.7 Å². The molecule has 3 aliphatic rings. The van der Waals surface area contributed by atoms with E-state index in [1.807, 2.05) is 18.3 Å². The van der Waals surface area contributed by atoms with Gasteiger partial charge in [-0.1, -0.05) is 13.8 Å². The number of amides is 2. The number of anilines is 3. The molecule has 12 nitrogen and oxygen atoms in total. The molecule has 2 saturated carbocycles. The van der Waals surface area contributed by atoms with Crippen LogP contribution in [-0.2, 0) is 10.2 Å². The van der Waals surface area contributed by atoms with Crippen LogP contribution >= 0.6 is 0 Å². The largest absolute Gasteiger partial charge is 0.369 e. The van der Waals surface area contributed by atoms with Crippen LogP contribution in [0.1, 0.15) is 49.3 Å². The molecule has 4 N–H and O–H groups in total. The van der Waals surface area contributed by atoms with Gasteiger partial charge in [0.2, 0.25) is 11.9 Å². The van der Waals surface area contributed by atoms with Gasteiger partial charge in [0.05, 0.1) is 28.7 Å². The highest BCUT2D eigenvalue weighted by Gasteiger charge is 2.78. The van der Waals surface area contributed by atoms with Gasteiger partial charge < -0.3 is 21.3 Å². The van der Waals surface area contributed by atoms with Gasteiger partial charge in [0.25, 0.3) is 5.91 Å². The molecule has 0 unspecified atom stereocenters. The molecule has 2 aliphatic carbocycles. The topological polar surface area (TPSA) is 147 Å². The summed E-state index contributed by atoms with van der Waals surface area (Å²) in [5.41, 5.74) is 7.61. The summed E-state index contributed by atoms with van der Waals surface area (Å²) in [6.45, 7) is 8.46. The minimum Gasteiger partial charge on any atom is -0.369 e. The van der Waals surface area contributed by atoms with Crippen LogP contribution in [0.25, 0.3) is 5.65 Å². The molecule has 1 atom stereocenters. The Morgan fingerprint density at radius 1 is 1.19 bits per heavy atom. The van der Waals surface area contributed by atoms with Gasteiger partial charge in [-0.15, -0.1) is 10.2 Å². The molecular weight excluding hydrogens is 472 g/mol. The number of primary amides is 1. The zero-order valence-electron chi connectivity index (χ0n) is 21.4. The molecule has 4 heterocycles. The van der Waals surface area contributed by atoms with Gasteiger partial charge in [-0.05, 0) is 56.0 Å². The van der Waals surface area contributed by atoms with E-state index in [1.165, 1.54) is 7.05 Å². The Morgan fingerprint density at radius 2 is 1.95 bits per heavy atom. The summed E-state index contributed by atoms with van der Waals surface area (Å²) in [7, 11) is 1.53. The maximum atomic E-state index is 12.5. The summed E-state index contributed by atoms with van der Waals surface area (Å²) in [5.74, 6) is -0.486. The Labute approximate surface area is 214 Å². The van der Waals surface area contributed by atoms with Gasteiger partial charge in [0, 0.05) is 26.2 Å². The third-order valence-electron chi connectivity index (χ3n) is 8.45. The summed E-state index contributed by atoms with van der Waals surface area (Å²) >= 11 is 0. The summed E-state index contributed by atoms with van der Waals surface area (Å²) in [4.78, 5) is 34.3. The lowest BCUT2D eigenvalue weighted by molar-refractivity contribution is -0.121. The number of hydrogen-bond donors (Lipinski definition) is 3. The SMILES string of the molecule is CCN(CC)C1CN(c2ccc3nc(Nc4cc([C@@]5(C(N)=O)CC56CC6)nnc4C(=O)NC)nn3c2)C1. The first-order valence-electron chi connectivity index (χ1n) is 12.9. The summed E-state index contributed by atoms with van der Waals surface area (Å²) < 4.78 is 1.72. The lowest BCUT2D eigenvalue weighted by atomic mass is 9.96. The molecule has 37 heavy (non-hydrogen) atoms. The van der Waals surface area contributed by atoms with Crippen molar-refractivity contribution in [3.63, 3.8) is 0 Å². The third-order valence-corrected chi connectivity index (χ3v) is 8.45. The highest BCUT2D eigenvalue weighted by molar-refractivity contribution is 5.98. The third kappa shape index (κ3) is 3.61. The first-order chi connectivity index (χ1) is 17.8. The molecular formula is C25H32N10O2. The molecule has 3 aromatic heterocycles. The molecule has 3 fully saturated rings. The van der Waals surface area contributed by atoms with E-state index in [4.69, 9.17) is 5.73 Å². The fourth-order valence-corrected chi connectivity index (χ4v) is 5.91. The second kappa shape index (κ2) is 8.37. The average molecular weight is 505 g/mol. The zero-order chi connectivity index (χ0) is 25.9. The smallest absolute Gasteiger partial charge is 0.273 e. The van der Waals surface area contributed by atoms with Gasteiger partial charge in [-0.2, -0.15) is 10.1 Å². The normalized spacial score (nSPS) is 21.8. The van der Waals surface area contributed by atoms with Gasteiger partial charge in [0.1, 0.15) is 0 Å². The number of likely N-dealkylation sites (N-methyl/N-ethyl adjacent to an activating group) is 1. The Bertz CT molecular complexity index is 1390. The Hall–Kier alpha value is -3.80. The van der Waals surface area contributed by atoms with E-state index in [-0.39, 0.29) is 11.1 Å². The fourth-order valence-electron chi connectivity index (χ4n) is 5.91. The van der Waals surface area contributed by atoms with Crippen molar-refractivity contribution in [3.8, 4) is 0 Å². The monoisotopic (exact) mass is 504 g/mol. The van der Waals surface area contributed by atoms with Crippen LogP contribution in [0, 0.1) is 5.41 Å². The minimum atomic E-state index is -0.820. The van der Waals surface area contributed by atoms with Crippen molar-refractivity contribution in [2.75, 3.05) is 43.4 Å². The molecule has 6 rings (SSSR count). The van der Waals surface area contributed by atoms with Crippen LogP contribution in [0.4, 0.5) is 17.3 Å². The van der Waals surface area contributed by atoms with Crippen molar-refractivity contribution in [3.05, 3.63) is 35.8 Å². The fraction of sp³-hybridized carbons (Fsp3) is 0.520. The second-order valence-corrected chi connectivity index (χ2v) is 10.3. The number of nitrogens with one attached hydrogen (secondary N) is 2. The van der Waals surface area contributed by atoms with Crippen molar-refractivity contribution in [2.45, 2.75) is 44.6 Å². The predicted octanol–water partition coefficient (Wildman–Crippen LogP) is 1.06. The Morgan fingerprint density at radius 3 is 2.57 bits per heavy atom. The molecule has 3 aromatic rings. The maximum absolute atomic E-state index is 12.5. The highest BCUT2D eigenvalue weighted by Crippen LogP contribution is 2.78. The second-order valence-electron chi connectivity index (χ2n) is 10.3. The standard InChI is InChI=1S/C25H32N10O2/c1-4-33(5-2)16-11-34(12-16)15-6-7-19-29-23(32-35(19)13-15)28-17-10-18(30-31-20(17)21(36)27-3)25(22(26)37)14-24(25)8-9-24/h6-7,10,13,16H,4-5,8-9,11-12,14H2,1-3H3,(H2,26,37)(H,27,36)(H,28,30,32)/t25-/m1/s1. The number of fused-ring (bicyclic) bond motifs is 1. The molecule has 0 aromatic carbocycles. The van der Waals surface area contributed by atoms with Crippen molar-refractivity contribution >= 4 is 34.8 Å². The highest BCUT2D eigenvalue weighted by atomic mass is 16.2. The van der Waals surface area contributed by atoms with Crippen LogP contribution in [0.2, 0.25) is 0 Å². The van der Waals surface area contributed by atoms with E-state index in [2.05, 4.69) is 54.6 Å². The number of hydrogen-bond acceptors (Lipinski definition) is 9. The Balaban J connectivity index is 1.27. The molecule has 1 saturated heterocycles. The zero-order valence-corrected chi connectivity index (χ0v) is 21.4. The molecule has 1 aliphatic heterocycles. The average Bonchev–Trinajstić information content (AvgIpc) is 3.75. The van der Waals surface area contributed by atoms with E-state index in [0.29, 0.717) is 35.4 Å². The van der Waals surface area contributed by atoms with Gasteiger partial charge in [0.15, 0.2) is 11.3 Å². The Kier molecular flexibility index (Phi) is 5.34. The van der Waals surface area contributed by atoms with Crippen LogP contribution in [-0.4, -0.2) is 80.8 Å². The number of nitrogens with zero attached hydrogens (tertiary/aromatic N) is 7. The minimum absolute atomic E-state index is 0.0962.